The summed E-state index contributed by atoms with van der Waals surface area (Å²) in [4.78, 5) is 0. The molecule has 4 heteroatoms. The molecule has 15 heavy (non-hydrogen) atoms. The second-order valence-electron chi connectivity index (χ2n) is 3.70. The van der Waals surface area contributed by atoms with E-state index in [1.54, 1.807) is 0 Å². The second kappa shape index (κ2) is 4.16. The minimum atomic E-state index is 0.00458. The van der Waals surface area contributed by atoms with E-state index in [1.807, 2.05) is 30.3 Å². The monoisotopic (exact) mass is 222 g/mol. The molecule has 1 heterocycles. The van der Waals surface area contributed by atoms with Gasteiger partial charge in [-0.25, -0.2) is 5.01 Å². The molecule has 3 nitrogen and oxygen atoms in total. The van der Waals surface area contributed by atoms with Crippen molar-refractivity contribution in [3.05, 3.63) is 35.9 Å². The highest BCUT2D eigenvalue weighted by atomic mass is 32.1. The van der Waals surface area contributed by atoms with Gasteiger partial charge in [0.25, 0.3) is 5.17 Å². The number of hydrogen-bond donors (Lipinski definition) is 1. The van der Waals surface area contributed by atoms with Gasteiger partial charge in [-0.05, 0) is 24.7 Å². The van der Waals surface area contributed by atoms with Crippen LogP contribution in [0.4, 0.5) is 0 Å². The molecule has 1 aromatic carbocycles. The maximum Gasteiger partial charge on any atom is 0.272 e. The largest absolute Gasteiger partial charge is 0.460 e. The summed E-state index contributed by atoms with van der Waals surface area (Å²) >= 11 is 5.04. The molecule has 1 fully saturated rings. The lowest BCUT2D eigenvalue weighted by atomic mass is 10.0. The lowest BCUT2D eigenvalue weighted by Crippen LogP contribution is -2.53. The normalized spacial score (nSPS) is 26.9. The molecule has 0 unspecified atom stereocenters. The van der Waals surface area contributed by atoms with Crippen LogP contribution < -0.4 is 5.43 Å². The fraction of sp³-hybridized carbons (Fsp3) is 0.364. The Bertz CT molecular complexity index is 355. The molecule has 0 aliphatic carbocycles. The molecule has 0 spiro atoms. The number of thiocarbonyl (C=S) groups is 1. The van der Waals surface area contributed by atoms with Gasteiger partial charge in [-0.15, -0.1) is 0 Å². The predicted molar refractivity (Wildman–Crippen MR) is 63.2 cm³/mol. The van der Waals surface area contributed by atoms with Gasteiger partial charge < -0.3 is 4.74 Å². The van der Waals surface area contributed by atoms with E-state index >= 15 is 0 Å². The van der Waals surface area contributed by atoms with Crippen LogP contribution in [-0.4, -0.2) is 23.3 Å². The fourth-order valence-electron chi connectivity index (χ4n) is 1.68. The summed E-state index contributed by atoms with van der Waals surface area (Å²) < 4.78 is 5.63. The molecule has 2 atom stereocenters. The molecule has 1 aliphatic heterocycles. The van der Waals surface area contributed by atoms with Crippen LogP contribution in [0, 0.1) is 0 Å². The Hall–Kier alpha value is -1.13. The molecular weight excluding hydrogens is 208 g/mol. The van der Waals surface area contributed by atoms with Gasteiger partial charge in [-0.3, -0.25) is 5.43 Å². The van der Waals surface area contributed by atoms with E-state index in [2.05, 4.69) is 24.5 Å². The first kappa shape index (κ1) is 10.4. The summed E-state index contributed by atoms with van der Waals surface area (Å²) in [6, 6.07) is 10.4. The molecule has 1 N–H and O–H groups in total. The Labute approximate surface area is 95.0 Å². The van der Waals surface area contributed by atoms with Crippen molar-refractivity contribution in [1.29, 1.82) is 0 Å². The smallest absolute Gasteiger partial charge is 0.272 e. The highest BCUT2D eigenvalue weighted by molar-refractivity contribution is 7.80. The highest BCUT2D eigenvalue weighted by Gasteiger charge is 2.30. The van der Waals surface area contributed by atoms with Crippen LogP contribution in [0.2, 0.25) is 0 Å². The molecule has 1 aliphatic rings. The first-order valence-electron chi connectivity index (χ1n) is 4.93. The number of ether oxygens (including phenoxy) is 1. The minimum absolute atomic E-state index is 0.00458. The number of likely N-dealkylation sites (N-methyl/N-ethyl adjacent to an activating group) is 1. The number of rotatable bonds is 1. The second-order valence-corrected chi connectivity index (χ2v) is 4.07. The van der Waals surface area contributed by atoms with Crippen molar-refractivity contribution in [2.75, 3.05) is 7.05 Å². The maximum absolute atomic E-state index is 5.63. The molecule has 1 saturated heterocycles. The Kier molecular flexibility index (Phi) is 2.88. The van der Waals surface area contributed by atoms with Gasteiger partial charge >= 0.3 is 0 Å². The van der Waals surface area contributed by atoms with Crippen molar-refractivity contribution < 1.29 is 4.74 Å². The van der Waals surface area contributed by atoms with Crippen molar-refractivity contribution in [3.8, 4) is 0 Å². The van der Waals surface area contributed by atoms with Gasteiger partial charge in [-0.1, -0.05) is 30.3 Å². The van der Waals surface area contributed by atoms with Gasteiger partial charge in [0.15, 0.2) is 0 Å². The Morgan fingerprint density at radius 1 is 1.33 bits per heavy atom. The van der Waals surface area contributed by atoms with Crippen LogP contribution in [0.5, 0.6) is 0 Å². The number of nitrogens with zero attached hydrogens (tertiary/aromatic N) is 1. The molecule has 0 saturated carbocycles. The van der Waals surface area contributed by atoms with E-state index < -0.39 is 0 Å². The van der Waals surface area contributed by atoms with E-state index in [0.717, 1.165) is 5.56 Å². The Morgan fingerprint density at radius 2 is 2.00 bits per heavy atom. The molecule has 1 aromatic rings. The summed E-state index contributed by atoms with van der Waals surface area (Å²) in [6.07, 6.45) is 0.00458. The predicted octanol–water partition coefficient (Wildman–Crippen LogP) is 1.87. The van der Waals surface area contributed by atoms with Crippen LogP contribution in [0.15, 0.2) is 30.3 Å². The van der Waals surface area contributed by atoms with Crippen molar-refractivity contribution in [3.63, 3.8) is 0 Å². The third kappa shape index (κ3) is 2.11. The van der Waals surface area contributed by atoms with Gasteiger partial charge in [0.05, 0.1) is 6.04 Å². The molecule has 0 aromatic heterocycles. The van der Waals surface area contributed by atoms with Gasteiger partial charge in [0.2, 0.25) is 0 Å². The van der Waals surface area contributed by atoms with E-state index in [1.165, 1.54) is 0 Å². The zero-order valence-corrected chi connectivity index (χ0v) is 9.62. The SMILES string of the molecule is C[C@H]1[C@H](c2ccccc2)OC(=S)NN1C. The van der Waals surface area contributed by atoms with Crippen LogP contribution in [0.1, 0.15) is 18.6 Å². The number of benzene rings is 1. The van der Waals surface area contributed by atoms with E-state index in [9.17, 15) is 0 Å². The summed E-state index contributed by atoms with van der Waals surface area (Å²) in [5.41, 5.74) is 4.12. The van der Waals surface area contributed by atoms with Crippen molar-refractivity contribution in [2.45, 2.75) is 19.1 Å². The van der Waals surface area contributed by atoms with Gasteiger partial charge in [-0.2, -0.15) is 0 Å². The summed E-state index contributed by atoms with van der Waals surface area (Å²) in [6.45, 7) is 2.10. The first-order valence-corrected chi connectivity index (χ1v) is 5.34. The summed E-state index contributed by atoms with van der Waals surface area (Å²) in [5.74, 6) is 0. The topological polar surface area (TPSA) is 24.5 Å². The lowest BCUT2D eigenvalue weighted by molar-refractivity contribution is 0.0184. The van der Waals surface area contributed by atoms with Crippen LogP contribution >= 0.6 is 12.2 Å². The van der Waals surface area contributed by atoms with Crippen LogP contribution in [0.25, 0.3) is 0 Å². The number of hydrazine groups is 1. The molecule has 0 amide bonds. The standard InChI is InChI=1S/C11H14N2OS/c1-8-10(9-6-4-3-5-7-9)14-11(15)12-13(8)2/h3-8,10H,1-2H3,(H,12,15)/t8-,10+/m0/s1. The Balaban J connectivity index is 2.24. The average molecular weight is 222 g/mol. The lowest BCUT2D eigenvalue weighted by Gasteiger charge is -2.38. The molecule has 0 bridgehead atoms. The first-order chi connectivity index (χ1) is 7.18. The maximum atomic E-state index is 5.63. The zero-order valence-electron chi connectivity index (χ0n) is 8.81. The number of nitrogens with one attached hydrogen (secondary N) is 1. The van der Waals surface area contributed by atoms with E-state index in [4.69, 9.17) is 17.0 Å². The number of hydrogen-bond acceptors (Lipinski definition) is 3. The molecule has 2 rings (SSSR count). The average Bonchev–Trinajstić information content (AvgIpc) is 2.24. The third-order valence-electron chi connectivity index (χ3n) is 2.68. The van der Waals surface area contributed by atoms with E-state index in [-0.39, 0.29) is 12.1 Å². The van der Waals surface area contributed by atoms with Gasteiger partial charge in [0.1, 0.15) is 6.10 Å². The zero-order chi connectivity index (χ0) is 10.8. The van der Waals surface area contributed by atoms with Crippen molar-refractivity contribution >= 4 is 17.4 Å². The minimum Gasteiger partial charge on any atom is -0.460 e. The summed E-state index contributed by atoms with van der Waals surface area (Å²) in [5, 5.41) is 2.41. The Morgan fingerprint density at radius 3 is 2.67 bits per heavy atom. The van der Waals surface area contributed by atoms with Crippen molar-refractivity contribution in [1.82, 2.24) is 10.4 Å². The third-order valence-corrected chi connectivity index (χ3v) is 2.87. The van der Waals surface area contributed by atoms with Gasteiger partial charge in [0, 0.05) is 7.05 Å². The van der Waals surface area contributed by atoms with Crippen LogP contribution in [-0.2, 0) is 4.74 Å². The molecule has 80 valence electrons. The molecule has 0 radical (unpaired) electrons. The van der Waals surface area contributed by atoms with Crippen molar-refractivity contribution in [2.24, 2.45) is 0 Å². The molecular formula is C11H14N2OS. The highest BCUT2D eigenvalue weighted by Crippen LogP contribution is 2.26. The fourth-order valence-corrected chi connectivity index (χ4v) is 1.93. The van der Waals surface area contributed by atoms with E-state index in [0.29, 0.717) is 5.17 Å². The summed E-state index contributed by atoms with van der Waals surface area (Å²) in [7, 11) is 1.97. The van der Waals surface area contributed by atoms with Crippen LogP contribution in [0.3, 0.4) is 0 Å². The quantitative estimate of drug-likeness (QED) is 0.733.